The fraction of sp³-hybridized carbons (Fsp3) is 0.522. The van der Waals surface area contributed by atoms with Gasteiger partial charge >= 0.3 is 6.03 Å². The van der Waals surface area contributed by atoms with Crippen molar-refractivity contribution in [1.29, 1.82) is 0 Å². The summed E-state index contributed by atoms with van der Waals surface area (Å²) in [6, 6.07) is 4.73. The lowest BCUT2D eigenvalue weighted by atomic mass is 10.1. The van der Waals surface area contributed by atoms with E-state index >= 15 is 0 Å². The Morgan fingerprint density at radius 3 is 2.84 bits per heavy atom. The zero-order chi connectivity index (χ0) is 22.2. The van der Waals surface area contributed by atoms with Crippen molar-refractivity contribution in [3.63, 3.8) is 0 Å². The van der Waals surface area contributed by atoms with Crippen molar-refractivity contribution in [1.82, 2.24) is 20.5 Å². The minimum Gasteiger partial charge on any atom is -0.497 e. The van der Waals surface area contributed by atoms with Gasteiger partial charge in [-0.2, -0.15) is 0 Å². The molecule has 1 aromatic carbocycles. The van der Waals surface area contributed by atoms with E-state index in [0.29, 0.717) is 19.4 Å². The minimum atomic E-state index is -0.638. The SMILES string of the molecule is CCCCCCNC(=O)CC[C@@H]1NC(=O)N(CCc2c[nH]c3ccc(OC)cc23)C1=O. The maximum absolute atomic E-state index is 12.7. The fourth-order valence-corrected chi connectivity index (χ4v) is 3.85. The van der Waals surface area contributed by atoms with Crippen LogP contribution in [0.2, 0.25) is 0 Å². The number of aromatic nitrogens is 1. The number of hydrogen-bond donors (Lipinski definition) is 3. The summed E-state index contributed by atoms with van der Waals surface area (Å²) in [5.41, 5.74) is 1.99. The predicted octanol–water partition coefficient (Wildman–Crippen LogP) is 3.12. The number of hydrogen-bond acceptors (Lipinski definition) is 4. The van der Waals surface area contributed by atoms with E-state index in [0.717, 1.165) is 41.5 Å². The first-order valence-corrected chi connectivity index (χ1v) is 11.1. The first-order valence-electron chi connectivity index (χ1n) is 11.1. The van der Waals surface area contributed by atoms with Crippen LogP contribution >= 0.6 is 0 Å². The molecule has 1 atom stereocenters. The molecule has 0 unspecified atom stereocenters. The van der Waals surface area contributed by atoms with Crippen LogP contribution < -0.4 is 15.4 Å². The number of unbranched alkanes of at least 4 members (excludes halogenated alkanes) is 3. The molecule has 0 bridgehead atoms. The van der Waals surface area contributed by atoms with E-state index < -0.39 is 12.1 Å². The molecule has 1 aromatic heterocycles. The highest BCUT2D eigenvalue weighted by molar-refractivity contribution is 6.04. The van der Waals surface area contributed by atoms with Gasteiger partial charge in [0.25, 0.3) is 5.91 Å². The molecule has 0 spiro atoms. The molecule has 31 heavy (non-hydrogen) atoms. The largest absolute Gasteiger partial charge is 0.497 e. The van der Waals surface area contributed by atoms with Crippen molar-refractivity contribution in [2.24, 2.45) is 0 Å². The Morgan fingerprint density at radius 1 is 1.23 bits per heavy atom. The van der Waals surface area contributed by atoms with Crippen molar-refractivity contribution < 1.29 is 19.1 Å². The van der Waals surface area contributed by atoms with Crippen molar-refractivity contribution in [2.45, 2.75) is 57.9 Å². The summed E-state index contributed by atoms with van der Waals surface area (Å²) in [5.74, 6) is 0.412. The van der Waals surface area contributed by atoms with Gasteiger partial charge in [0, 0.05) is 36.6 Å². The summed E-state index contributed by atoms with van der Waals surface area (Å²) in [6.45, 7) is 3.09. The van der Waals surface area contributed by atoms with Gasteiger partial charge in [-0.1, -0.05) is 26.2 Å². The topological polar surface area (TPSA) is 104 Å². The number of aromatic amines is 1. The normalized spacial score (nSPS) is 16.1. The van der Waals surface area contributed by atoms with E-state index in [1.54, 1.807) is 7.11 Å². The third-order valence-corrected chi connectivity index (χ3v) is 5.70. The molecular weight excluding hydrogens is 396 g/mol. The second kappa shape index (κ2) is 10.8. The second-order valence-electron chi connectivity index (χ2n) is 7.92. The van der Waals surface area contributed by atoms with Gasteiger partial charge in [-0.05, 0) is 43.0 Å². The quantitative estimate of drug-likeness (QED) is 0.357. The number of benzene rings is 1. The lowest BCUT2D eigenvalue weighted by molar-refractivity contribution is -0.127. The van der Waals surface area contributed by atoms with Crippen molar-refractivity contribution >= 4 is 28.7 Å². The van der Waals surface area contributed by atoms with Crippen LogP contribution in [0.3, 0.4) is 0 Å². The Kier molecular flexibility index (Phi) is 7.92. The number of nitrogens with zero attached hydrogens (tertiary/aromatic N) is 1. The number of carbonyl (C=O) groups is 3. The van der Waals surface area contributed by atoms with Crippen LogP contribution in [0.15, 0.2) is 24.4 Å². The molecule has 1 aliphatic rings. The number of carbonyl (C=O) groups excluding carboxylic acids is 3. The Bertz CT molecular complexity index is 923. The van der Waals surface area contributed by atoms with Crippen LogP contribution in [0.25, 0.3) is 10.9 Å². The summed E-state index contributed by atoms with van der Waals surface area (Å²) in [6.07, 6.45) is 7.36. The molecule has 1 saturated heterocycles. The van der Waals surface area contributed by atoms with Crippen molar-refractivity contribution in [2.75, 3.05) is 20.2 Å². The molecule has 8 nitrogen and oxygen atoms in total. The van der Waals surface area contributed by atoms with E-state index in [4.69, 9.17) is 4.74 Å². The van der Waals surface area contributed by atoms with Gasteiger partial charge < -0.3 is 20.4 Å². The maximum atomic E-state index is 12.7. The van der Waals surface area contributed by atoms with Crippen LogP contribution in [0.5, 0.6) is 5.75 Å². The summed E-state index contributed by atoms with van der Waals surface area (Å²) < 4.78 is 5.29. The molecule has 0 aliphatic carbocycles. The maximum Gasteiger partial charge on any atom is 0.324 e. The molecule has 2 heterocycles. The number of H-pyrrole nitrogens is 1. The molecule has 1 fully saturated rings. The van der Waals surface area contributed by atoms with Gasteiger partial charge in [-0.25, -0.2) is 4.79 Å². The van der Waals surface area contributed by atoms with Gasteiger partial charge in [-0.15, -0.1) is 0 Å². The molecular formula is C23H32N4O4. The van der Waals surface area contributed by atoms with Gasteiger partial charge in [0.15, 0.2) is 0 Å². The number of ether oxygens (including phenoxy) is 1. The van der Waals surface area contributed by atoms with Crippen molar-refractivity contribution in [3.05, 3.63) is 30.0 Å². The summed E-state index contributed by atoms with van der Waals surface area (Å²) in [7, 11) is 1.62. The van der Waals surface area contributed by atoms with Gasteiger partial charge in [0.05, 0.1) is 7.11 Å². The highest BCUT2D eigenvalue weighted by Gasteiger charge is 2.37. The number of urea groups is 1. The highest BCUT2D eigenvalue weighted by atomic mass is 16.5. The smallest absolute Gasteiger partial charge is 0.324 e. The number of amides is 4. The average molecular weight is 429 g/mol. The number of methoxy groups -OCH3 is 1. The molecule has 0 radical (unpaired) electrons. The summed E-state index contributed by atoms with van der Waals surface area (Å²) in [5, 5.41) is 6.60. The Balaban J connectivity index is 1.47. The zero-order valence-electron chi connectivity index (χ0n) is 18.3. The lowest BCUT2D eigenvalue weighted by Gasteiger charge is -2.13. The van der Waals surface area contributed by atoms with Crippen LogP contribution in [-0.2, 0) is 16.0 Å². The van der Waals surface area contributed by atoms with E-state index in [1.807, 2.05) is 24.4 Å². The third kappa shape index (κ3) is 5.77. The van der Waals surface area contributed by atoms with Crippen LogP contribution in [0.1, 0.15) is 51.0 Å². The second-order valence-corrected chi connectivity index (χ2v) is 7.92. The fourth-order valence-electron chi connectivity index (χ4n) is 3.85. The van der Waals surface area contributed by atoms with Gasteiger partial charge in [-0.3, -0.25) is 14.5 Å². The van der Waals surface area contributed by atoms with E-state index in [-0.39, 0.29) is 24.8 Å². The van der Waals surface area contributed by atoms with Crippen molar-refractivity contribution in [3.8, 4) is 5.75 Å². The molecule has 2 aromatic rings. The predicted molar refractivity (Wildman–Crippen MR) is 119 cm³/mol. The monoisotopic (exact) mass is 428 g/mol. The van der Waals surface area contributed by atoms with Gasteiger partial charge in [0.2, 0.25) is 5.91 Å². The van der Waals surface area contributed by atoms with E-state index in [1.165, 1.54) is 11.3 Å². The molecule has 168 valence electrons. The molecule has 4 amide bonds. The molecule has 3 rings (SSSR count). The third-order valence-electron chi connectivity index (χ3n) is 5.70. The van der Waals surface area contributed by atoms with Crippen LogP contribution in [0, 0.1) is 0 Å². The Morgan fingerprint density at radius 2 is 2.06 bits per heavy atom. The molecule has 0 saturated carbocycles. The standard InChI is InChI=1S/C23H32N4O4/c1-3-4-5-6-12-24-21(28)10-9-20-22(29)27(23(30)26-20)13-11-16-15-25-19-8-7-17(31-2)14-18(16)19/h7-8,14-15,20,25H,3-6,9-13H2,1-2H3,(H,24,28)(H,26,30)/t20-/m0/s1. The lowest BCUT2D eigenvalue weighted by Crippen LogP contribution is -2.34. The number of rotatable bonds is 12. The van der Waals surface area contributed by atoms with Crippen LogP contribution in [-0.4, -0.2) is 54.0 Å². The number of nitrogens with one attached hydrogen (secondary N) is 3. The van der Waals surface area contributed by atoms with E-state index in [2.05, 4.69) is 22.5 Å². The molecule has 3 N–H and O–H groups in total. The average Bonchev–Trinajstić information content (AvgIpc) is 3.30. The number of fused-ring (bicyclic) bond motifs is 1. The van der Waals surface area contributed by atoms with E-state index in [9.17, 15) is 14.4 Å². The molecule has 8 heteroatoms. The van der Waals surface area contributed by atoms with Gasteiger partial charge in [0.1, 0.15) is 11.8 Å². The first-order chi connectivity index (χ1) is 15.0. The zero-order valence-corrected chi connectivity index (χ0v) is 18.3. The Hall–Kier alpha value is -3.03. The molecule has 1 aliphatic heterocycles. The highest BCUT2D eigenvalue weighted by Crippen LogP contribution is 2.24. The minimum absolute atomic E-state index is 0.0789. The summed E-state index contributed by atoms with van der Waals surface area (Å²) >= 11 is 0. The van der Waals surface area contributed by atoms with Crippen LogP contribution in [0.4, 0.5) is 4.79 Å². The number of imide groups is 1. The first kappa shape index (κ1) is 22.7. The summed E-state index contributed by atoms with van der Waals surface area (Å²) in [4.78, 5) is 41.4. The Labute approximate surface area is 182 Å².